The zero-order valence-electron chi connectivity index (χ0n) is 14.7. The number of hydrogen-bond acceptors (Lipinski definition) is 3. The summed E-state index contributed by atoms with van der Waals surface area (Å²) in [5.74, 6) is 1.36. The molecule has 0 aliphatic carbocycles. The Morgan fingerprint density at radius 1 is 1.05 bits per heavy atom. The molecule has 0 aromatic rings. The normalized spacial score (nSPS) is 12.6. The first-order chi connectivity index (χ1) is 10.6. The third-order valence-corrected chi connectivity index (χ3v) is 4.84. The van der Waals surface area contributed by atoms with Crippen molar-refractivity contribution in [1.29, 1.82) is 0 Å². The van der Waals surface area contributed by atoms with Crippen molar-refractivity contribution < 1.29 is 13.9 Å². The molecule has 0 amide bonds. The zero-order valence-corrected chi connectivity index (χ0v) is 15.6. The summed E-state index contributed by atoms with van der Waals surface area (Å²) in [6.45, 7) is 6.62. The fourth-order valence-electron chi connectivity index (χ4n) is 2.14. The molecule has 0 saturated carbocycles. The number of ether oxygens (including phenoxy) is 1. The minimum atomic E-state index is -0.198. The van der Waals surface area contributed by atoms with Crippen molar-refractivity contribution in [2.75, 3.05) is 19.0 Å². The van der Waals surface area contributed by atoms with Crippen LogP contribution in [0.2, 0.25) is 0 Å². The van der Waals surface area contributed by atoms with Crippen LogP contribution in [0.3, 0.4) is 0 Å². The highest BCUT2D eigenvalue weighted by atomic mass is 32.2. The van der Waals surface area contributed by atoms with Crippen LogP contribution in [-0.4, -0.2) is 30.3 Å². The number of rotatable bonds is 15. The molecular formula is C18H35FO2S. The molecule has 0 heterocycles. The SMILES string of the molecule is CCCCCC(SCCCCCCCF)C(=O)OCC(C)C. The molecule has 1 atom stereocenters. The molecule has 0 bridgehead atoms. The molecule has 22 heavy (non-hydrogen) atoms. The van der Waals surface area contributed by atoms with Crippen LogP contribution < -0.4 is 0 Å². The molecule has 132 valence electrons. The summed E-state index contributed by atoms with van der Waals surface area (Å²) in [4.78, 5) is 12.2. The van der Waals surface area contributed by atoms with Crippen molar-refractivity contribution in [3.63, 3.8) is 0 Å². The average molecular weight is 335 g/mol. The van der Waals surface area contributed by atoms with Crippen LogP contribution in [0.4, 0.5) is 4.39 Å². The largest absolute Gasteiger partial charge is 0.465 e. The van der Waals surface area contributed by atoms with Crippen molar-refractivity contribution >= 4 is 17.7 Å². The number of alkyl halides is 1. The van der Waals surface area contributed by atoms with Crippen LogP contribution in [0.25, 0.3) is 0 Å². The van der Waals surface area contributed by atoms with Gasteiger partial charge in [-0.1, -0.05) is 59.3 Å². The van der Waals surface area contributed by atoms with Crippen LogP contribution in [0.1, 0.15) is 78.6 Å². The van der Waals surface area contributed by atoms with E-state index in [1.165, 1.54) is 12.8 Å². The molecule has 0 saturated heterocycles. The van der Waals surface area contributed by atoms with E-state index in [-0.39, 0.29) is 17.9 Å². The van der Waals surface area contributed by atoms with E-state index in [0.29, 0.717) is 18.9 Å². The van der Waals surface area contributed by atoms with Crippen LogP contribution in [0.5, 0.6) is 0 Å². The summed E-state index contributed by atoms with van der Waals surface area (Å²) < 4.78 is 17.4. The number of carbonyl (C=O) groups is 1. The van der Waals surface area contributed by atoms with Gasteiger partial charge in [-0.05, 0) is 30.9 Å². The summed E-state index contributed by atoms with van der Waals surface area (Å²) in [5.41, 5.74) is 0. The highest BCUT2D eigenvalue weighted by Crippen LogP contribution is 2.22. The number of esters is 1. The van der Waals surface area contributed by atoms with Crippen molar-refractivity contribution in [2.45, 2.75) is 83.8 Å². The Morgan fingerprint density at radius 2 is 1.73 bits per heavy atom. The van der Waals surface area contributed by atoms with Gasteiger partial charge < -0.3 is 4.74 Å². The Balaban J connectivity index is 3.93. The zero-order chi connectivity index (χ0) is 16.6. The van der Waals surface area contributed by atoms with Gasteiger partial charge in [-0.2, -0.15) is 0 Å². The number of hydrogen-bond donors (Lipinski definition) is 0. The van der Waals surface area contributed by atoms with E-state index in [1.807, 2.05) is 0 Å². The molecule has 0 radical (unpaired) electrons. The first-order valence-electron chi connectivity index (χ1n) is 8.96. The lowest BCUT2D eigenvalue weighted by Crippen LogP contribution is -2.22. The van der Waals surface area contributed by atoms with Gasteiger partial charge in [-0.25, -0.2) is 0 Å². The van der Waals surface area contributed by atoms with Gasteiger partial charge in [0.05, 0.1) is 13.3 Å². The molecule has 0 N–H and O–H groups in total. The van der Waals surface area contributed by atoms with E-state index in [4.69, 9.17) is 4.74 Å². The second-order valence-electron chi connectivity index (χ2n) is 6.34. The monoisotopic (exact) mass is 334 g/mol. The van der Waals surface area contributed by atoms with Gasteiger partial charge in [0.25, 0.3) is 0 Å². The maximum Gasteiger partial charge on any atom is 0.319 e. The summed E-state index contributed by atoms with van der Waals surface area (Å²) in [6, 6.07) is 0. The lowest BCUT2D eigenvalue weighted by molar-refractivity contribution is -0.144. The first kappa shape index (κ1) is 21.8. The maximum absolute atomic E-state index is 12.2. The van der Waals surface area contributed by atoms with E-state index in [2.05, 4.69) is 20.8 Å². The van der Waals surface area contributed by atoms with Crippen molar-refractivity contribution in [1.82, 2.24) is 0 Å². The van der Waals surface area contributed by atoms with E-state index in [0.717, 1.165) is 44.3 Å². The fourth-order valence-corrected chi connectivity index (χ4v) is 3.34. The molecule has 0 aliphatic rings. The molecule has 0 aromatic carbocycles. The van der Waals surface area contributed by atoms with E-state index >= 15 is 0 Å². The predicted octanol–water partition coefficient (Wildman–Crippen LogP) is 5.79. The summed E-state index contributed by atoms with van der Waals surface area (Å²) in [5, 5.41) is -0.00357. The van der Waals surface area contributed by atoms with Crippen LogP contribution >= 0.6 is 11.8 Å². The first-order valence-corrected chi connectivity index (χ1v) is 10.0. The highest BCUT2D eigenvalue weighted by molar-refractivity contribution is 8.00. The van der Waals surface area contributed by atoms with Crippen molar-refractivity contribution in [2.24, 2.45) is 5.92 Å². The third-order valence-electron chi connectivity index (χ3n) is 3.49. The smallest absolute Gasteiger partial charge is 0.319 e. The topological polar surface area (TPSA) is 26.3 Å². The molecule has 0 spiro atoms. The molecular weight excluding hydrogens is 299 g/mol. The Hall–Kier alpha value is -0.250. The maximum atomic E-state index is 12.2. The van der Waals surface area contributed by atoms with Crippen LogP contribution in [0, 0.1) is 5.92 Å². The molecule has 0 rings (SSSR count). The molecule has 4 heteroatoms. The predicted molar refractivity (Wildman–Crippen MR) is 95.2 cm³/mol. The number of halogens is 1. The van der Waals surface area contributed by atoms with Gasteiger partial charge in [0.2, 0.25) is 0 Å². The van der Waals surface area contributed by atoms with Gasteiger partial charge in [0, 0.05) is 0 Å². The van der Waals surface area contributed by atoms with E-state index in [1.54, 1.807) is 11.8 Å². The Bertz CT molecular complexity index is 259. The Labute approximate surface area is 141 Å². The number of unbranched alkanes of at least 4 members (excludes halogenated alkanes) is 6. The fraction of sp³-hybridized carbons (Fsp3) is 0.944. The molecule has 2 nitrogen and oxygen atoms in total. The lowest BCUT2D eigenvalue weighted by Gasteiger charge is -2.16. The Morgan fingerprint density at radius 3 is 2.36 bits per heavy atom. The summed E-state index contributed by atoms with van der Waals surface area (Å²) >= 11 is 1.75. The third kappa shape index (κ3) is 13.4. The van der Waals surface area contributed by atoms with Crippen molar-refractivity contribution in [3.05, 3.63) is 0 Å². The average Bonchev–Trinajstić information content (AvgIpc) is 2.50. The second kappa shape index (κ2) is 15.6. The molecule has 0 aliphatic heterocycles. The van der Waals surface area contributed by atoms with Gasteiger partial charge in [0.15, 0.2) is 0 Å². The standard InChI is InChI=1S/C18H35FO2S/c1-4-5-9-12-17(18(20)21-15-16(2)3)22-14-11-8-6-7-10-13-19/h16-17H,4-15H2,1-3H3. The van der Waals surface area contributed by atoms with Gasteiger partial charge in [0.1, 0.15) is 5.25 Å². The highest BCUT2D eigenvalue weighted by Gasteiger charge is 2.20. The summed E-state index contributed by atoms with van der Waals surface area (Å²) in [6.07, 6.45) is 9.40. The van der Waals surface area contributed by atoms with Gasteiger partial charge >= 0.3 is 5.97 Å². The van der Waals surface area contributed by atoms with E-state index < -0.39 is 0 Å². The van der Waals surface area contributed by atoms with Crippen molar-refractivity contribution in [3.8, 4) is 0 Å². The van der Waals surface area contributed by atoms with E-state index in [9.17, 15) is 9.18 Å². The van der Waals surface area contributed by atoms with Gasteiger partial charge in [-0.15, -0.1) is 11.8 Å². The quantitative estimate of drug-likeness (QED) is 0.280. The lowest BCUT2D eigenvalue weighted by atomic mass is 10.1. The van der Waals surface area contributed by atoms with Gasteiger partial charge in [-0.3, -0.25) is 9.18 Å². The number of carbonyl (C=O) groups excluding carboxylic acids is 1. The van der Waals surface area contributed by atoms with Crippen LogP contribution in [0.15, 0.2) is 0 Å². The molecule has 1 unspecified atom stereocenters. The number of thioether (sulfide) groups is 1. The summed E-state index contributed by atoms with van der Waals surface area (Å²) in [7, 11) is 0. The Kier molecular flexibility index (Phi) is 15.5. The minimum Gasteiger partial charge on any atom is -0.465 e. The molecule has 0 aromatic heterocycles. The minimum absolute atomic E-state index is 0.00357. The molecule has 0 fully saturated rings. The second-order valence-corrected chi connectivity index (χ2v) is 7.65. The van der Waals surface area contributed by atoms with Crippen LogP contribution in [-0.2, 0) is 9.53 Å².